The molecule has 1 amide bonds. The second kappa shape index (κ2) is 9.54. The number of hydrogen-bond acceptors (Lipinski definition) is 5. The summed E-state index contributed by atoms with van der Waals surface area (Å²) in [7, 11) is -3.53. The molecule has 2 heterocycles. The third-order valence-electron chi connectivity index (χ3n) is 6.78. The van der Waals surface area contributed by atoms with Gasteiger partial charge in [-0.05, 0) is 43.0 Å². The fourth-order valence-corrected chi connectivity index (χ4v) is 7.04. The van der Waals surface area contributed by atoms with Gasteiger partial charge in [-0.25, -0.2) is 8.42 Å². The van der Waals surface area contributed by atoms with Gasteiger partial charge < -0.3 is 9.80 Å². The van der Waals surface area contributed by atoms with E-state index in [-0.39, 0.29) is 18.5 Å². The number of amides is 1. The number of carbonyl (C=O) groups is 1. The largest absolute Gasteiger partial charge is 0.367 e. The van der Waals surface area contributed by atoms with Crippen LogP contribution in [0, 0.1) is 11.3 Å². The van der Waals surface area contributed by atoms with Crippen molar-refractivity contribution in [3.8, 4) is 6.07 Å². The van der Waals surface area contributed by atoms with Crippen molar-refractivity contribution >= 4 is 21.6 Å². The second-order valence-corrected chi connectivity index (χ2v) is 10.9. The molecular weight excluding hydrogens is 436 g/mol. The Bertz CT molecular complexity index is 1150. The highest BCUT2D eigenvalue weighted by Crippen LogP contribution is 2.38. The Labute approximate surface area is 196 Å². The Kier molecular flexibility index (Phi) is 6.73. The Balaban J connectivity index is 1.55. The molecule has 7 nitrogen and oxygen atoms in total. The van der Waals surface area contributed by atoms with E-state index in [0.717, 1.165) is 23.2 Å². The predicted molar refractivity (Wildman–Crippen MR) is 128 cm³/mol. The summed E-state index contributed by atoms with van der Waals surface area (Å²) in [5, 5.41) is 9.25. The van der Waals surface area contributed by atoms with E-state index in [1.54, 1.807) is 17.3 Å². The molecule has 2 aromatic rings. The highest BCUT2D eigenvalue weighted by Gasteiger charge is 2.40. The zero-order chi connectivity index (χ0) is 23.6. The number of nitriles is 1. The van der Waals surface area contributed by atoms with Crippen LogP contribution in [-0.4, -0.2) is 55.8 Å². The first-order valence-electron chi connectivity index (χ1n) is 11.4. The van der Waals surface area contributed by atoms with Crippen molar-refractivity contribution in [1.29, 1.82) is 5.26 Å². The zero-order valence-electron chi connectivity index (χ0n) is 19.1. The molecule has 0 bridgehead atoms. The Hall–Kier alpha value is -2.89. The van der Waals surface area contributed by atoms with Crippen LogP contribution in [0.4, 0.5) is 5.69 Å². The van der Waals surface area contributed by atoms with E-state index >= 15 is 0 Å². The molecule has 174 valence electrons. The molecule has 33 heavy (non-hydrogen) atoms. The Morgan fingerprint density at radius 3 is 2.39 bits per heavy atom. The molecule has 2 atom stereocenters. The molecule has 0 spiro atoms. The van der Waals surface area contributed by atoms with E-state index in [9.17, 15) is 18.5 Å². The Morgan fingerprint density at radius 1 is 1.06 bits per heavy atom. The topological polar surface area (TPSA) is 84.7 Å². The molecule has 4 rings (SSSR count). The Morgan fingerprint density at radius 2 is 1.76 bits per heavy atom. The van der Waals surface area contributed by atoms with Crippen molar-refractivity contribution in [3.05, 3.63) is 65.2 Å². The van der Waals surface area contributed by atoms with Crippen LogP contribution < -0.4 is 4.90 Å². The average Bonchev–Trinajstić information content (AvgIpc) is 2.82. The van der Waals surface area contributed by atoms with E-state index in [1.165, 1.54) is 0 Å². The first-order chi connectivity index (χ1) is 15.8. The molecule has 2 aromatic carbocycles. The van der Waals surface area contributed by atoms with Gasteiger partial charge in [0.2, 0.25) is 15.9 Å². The second-order valence-electron chi connectivity index (χ2n) is 8.87. The van der Waals surface area contributed by atoms with Crippen molar-refractivity contribution in [2.24, 2.45) is 0 Å². The SMILES string of the molecule is CC(=O)N1CCN(c2ccc(CN3C(C)CCC(c4ccccc4)S3(=O)=O)cc2C#N)CC1. The maximum Gasteiger partial charge on any atom is 0.221 e. The summed E-state index contributed by atoms with van der Waals surface area (Å²) in [6.45, 7) is 6.38. The monoisotopic (exact) mass is 466 g/mol. The van der Waals surface area contributed by atoms with Gasteiger partial charge in [0.05, 0.1) is 11.3 Å². The minimum absolute atomic E-state index is 0.0659. The number of benzene rings is 2. The van der Waals surface area contributed by atoms with Crippen molar-refractivity contribution in [2.45, 2.75) is 44.5 Å². The van der Waals surface area contributed by atoms with Gasteiger partial charge in [0.1, 0.15) is 11.3 Å². The minimum atomic E-state index is -3.53. The van der Waals surface area contributed by atoms with Gasteiger partial charge in [-0.1, -0.05) is 36.4 Å². The molecule has 0 aromatic heterocycles. The summed E-state index contributed by atoms with van der Waals surface area (Å²) in [4.78, 5) is 15.5. The van der Waals surface area contributed by atoms with Crippen LogP contribution in [0.25, 0.3) is 0 Å². The number of rotatable bonds is 4. The van der Waals surface area contributed by atoms with E-state index in [4.69, 9.17) is 0 Å². The van der Waals surface area contributed by atoms with Crippen molar-refractivity contribution < 1.29 is 13.2 Å². The summed E-state index contributed by atoms with van der Waals surface area (Å²) >= 11 is 0. The summed E-state index contributed by atoms with van der Waals surface area (Å²) < 4.78 is 28.6. The third-order valence-corrected chi connectivity index (χ3v) is 9.15. The molecule has 2 aliphatic heterocycles. The first-order valence-corrected chi connectivity index (χ1v) is 12.9. The molecule has 0 radical (unpaired) electrons. The van der Waals surface area contributed by atoms with Crippen molar-refractivity contribution in [1.82, 2.24) is 9.21 Å². The number of hydrogen-bond donors (Lipinski definition) is 0. The fraction of sp³-hybridized carbons (Fsp3) is 0.440. The van der Waals surface area contributed by atoms with Crippen LogP contribution in [0.15, 0.2) is 48.5 Å². The van der Waals surface area contributed by atoms with Crippen LogP contribution in [0.2, 0.25) is 0 Å². The van der Waals surface area contributed by atoms with Crippen molar-refractivity contribution in [3.63, 3.8) is 0 Å². The third kappa shape index (κ3) is 4.75. The molecule has 8 heteroatoms. The molecule has 0 saturated carbocycles. The standard InChI is InChI=1S/C25H30N4O3S/c1-19-8-11-25(22-6-4-3-5-7-22)33(31,32)29(19)18-21-9-10-24(23(16-21)17-26)28-14-12-27(13-15-28)20(2)30/h3-7,9-10,16,19,25H,8,11-15,18H2,1-2H3. The van der Waals surface area contributed by atoms with Gasteiger partial charge in [0, 0.05) is 45.7 Å². The fourth-order valence-electron chi connectivity index (χ4n) is 4.84. The van der Waals surface area contributed by atoms with Crippen LogP contribution in [0.1, 0.15) is 48.6 Å². The zero-order valence-corrected chi connectivity index (χ0v) is 20.0. The predicted octanol–water partition coefficient (Wildman–Crippen LogP) is 3.28. The smallest absolute Gasteiger partial charge is 0.221 e. The molecule has 2 fully saturated rings. The van der Waals surface area contributed by atoms with Gasteiger partial charge in [-0.15, -0.1) is 0 Å². The van der Waals surface area contributed by atoms with Crippen LogP contribution >= 0.6 is 0 Å². The highest BCUT2D eigenvalue weighted by atomic mass is 32.2. The van der Waals surface area contributed by atoms with Gasteiger partial charge in [-0.2, -0.15) is 9.57 Å². The lowest BCUT2D eigenvalue weighted by Gasteiger charge is -2.38. The maximum absolute atomic E-state index is 13.5. The quantitative estimate of drug-likeness (QED) is 0.690. The average molecular weight is 467 g/mol. The molecule has 2 unspecified atom stereocenters. The molecule has 0 aliphatic carbocycles. The number of nitrogens with zero attached hydrogens (tertiary/aromatic N) is 4. The minimum Gasteiger partial charge on any atom is -0.367 e. The lowest BCUT2D eigenvalue weighted by molar-refractivity contribution is -0.129. The van der Waals surface area contributed by atoms with Crippen LogP contribution in [-0.2, 0) is 21.4 Å². The van der Waals surface area contributed by atoms with Gasteiger partial charge in [0.25, 0.3) is 0 Å². The van der Waals surface area contributed by atoms with Gasteiger partial charge in [-0.3, -0.25) is 4.79 Å². The molecular formula is C25H30N4O3S. The van der Waals surface area contributed by atoms with Crippen molar-refractivity contribution in [2.75, 3.05) is 31.1 Å². The number of piperazine rings is 1. The maximum atomic E-state index is 13.5. The van der Waals surface area contributed by atoms with E-state index in [0.29, 0.717) is 38.2 Å². The van der Waals surface area contributed by atoms with Gasteiger partial charge >= 0.3 is 0 Å². The summed E-state index contributed by atoms with van der Waals surface area (Å²) in [5.41, 5.74) is 3.00. The van der Waals surface area contributed by atoms with Crippen LogP contribution in [0.5, 0.6) is 0 Å². The lowest BCUT2D eigenvalue weighted by Crippen LogP contribution is -2.48. The van der Waals surface area contributed by atoms with E-state index < -0.39 is 15.3 Å². The summed E-state index contributed by atoms with van der Waals surface area (Å²) in [6.07, 6.45) is 1.40. The molecule has 0 N–H and O–H groups in total. The normalized spacial score (nSPS) is 23.2. The van der Waals surface area contributed by atoms with Gasteiger partial charge in [0.15, 0.2) is 0 Å². The number of carbonyl (C=O) groups excluding carboxylic acids is 1. The lowest BCUT2D eigenvalue weighted by atomic mass is 10.0. The first kappa shape index (κ1) is 23.3. The summed E-state index contributed by atoms with van der Waals surface area (Å²) in [6, 6.07) is 17.2. The molecule has 2 saturated heterocycles. The highest BCUT2D eigenvalue weighted by molar-refractivity contribution is 7.89. The molecule has 2 aliphatic rings. The summed E-state index contributed by atoms with van der Waals surface area (Å²) in [5.74, 6) is 0.0659. The van der Waals surface area contributed by atoms with E-state index in [2.05, 4.69) is 11.0 Å². The van der Waals surface area contributed by atoms with Crippen LogP contribution in [0.3, 0.4) is 0 Å². The number of anilines is 1. The van der Waals surface area contributed by atoms with E-state index in [1.807, 2.05) is 54.3 Å². The number of sulfonamides is 1.